The highest BCUT2D eigenvalue weighted by Crippen LogP contribution is 2.10. The van der Waals surface area contributed by atoms with Crippen LogP contribution in [0.4, 0.5) is 0 Å². The number of hydrogen-bond donors (Lipinski definition) is 3. The Hall–Kier alpha value is -2.60. The van der Waals surface area contributed by atoms with E-state index in [0.717, 1.165) is 16.9 Å². The maximum Gasteiger partial charge on any atom is 0.242 e. The van der Waals surface area contributed by atoms with Crippen molar-refractivity contribution in [1.29, 1.82) is 0 Å². The van der Waals surface area contributed by atoms with Crippen molar-refractivity contribution in [2.75, 3.05) is 7.11 Å². The molecule has 5 nitrogen and oxygen atoms in total. The lowest BCUT2D eigenvalue weighted by Gasteiger charge is -2.12. The highest BCUT2D eigenvalue weighted by Gasteiger charge is 2.04. The number of amides is 1. The number of methoxy groups -OCH3 is 1. The van der Waals surface area contributed by atoms with E-state index in [1.807, 2.05) is 55.5 Å². The van der Waals surface area contributed by atoms with Crippen molar-refractivity contribution in [3.05, 3.63) is 65.2 Å². The number of carbonyl (C=O) groups excluding carboxylic acids is 1. The molecule has 126 valence electrons. The first-order valence-corrected chi connectivity index (χ1v) is 7.99. The highest BCUT2D eigenvalue weighted by atomic mass is 32.1. The molecule has 1 amide bonds. The molecule has 0 saturated carbocycles. The normalized spacial score (nSPS) is 9.92. The zero-order valence-electron chi connectivity index (χ0n) is 13.8. The van der Waals surface area contributed by atoms with Crippen LogP contribution in [0, 0.1) is 6.92 Å². The van der Waals surface area contributed by atoms with Crippen LogP contribution in [0.15, 0.2) is 48.5 Å². The van der Waals surface area contributed by atoms with Gasteiger partial charge in [0.15, 0.2) is 5.11 Å². The molecule has 0 aliphatic heterocycles. The number of thiocarbonyl (C=S) groups is 1. The van der Waals surface area contributed by atoms with Crippen molar-refractivity contribution < 1.29 is 9.53 Å². The minimum Gasteiger partial charge on any atom is -0.497 e. The number of nitrogens with one attached hydrogen (secondary N) is 3. The third kappa shape index (κ3) is 5.89. The standard InChI is InChI=1S/C18H21N3O2S/c1-13-3-5-14(6-4-13)11-17(22)20-21-18(24)19-12-15-7-9-16(23-2)10-8-15/h3-10H,11-12H2,1-2H3,(H,20,22)(H2,19,21,24). The average Bonchev–Trinajstić information content (AvgIpc) is 2.60. The van der Waals surface area contributed by atoms with E-state index in [1.54, 1.807) is 7.11 Å². The number of benzene rings is 2. The number of hydrogen-bond acceptors (Lipinski definition) is 3. The summed E-state index contributed by atoms with van der Waals surface area (Å²) >= 11 is 5.14. The first-order chi connectivity index (χ1) is 11.6. The van der Waals surface area contributed by atoms with Gasteiger partial charge in [0.25, 0.3) is 0 Å². The average molecular weight is 343 g/mol. The molecule has 6 heteroatoms. The largest absolute Gasteiger partial charge is 0.497 e. The lowest BCUT2D eigenvalue weighted by molar-refractivity contribution is -0.121. The van der Waals surface area contributed by atoms with Crippen molar-refractivity contribution in [1.82, 2.24) is 16.2 Å². The van der Waals surface area contributed by atoms with Gasteiger partial charge in [0.2, 0.25) is 5.91 Å². The van der Waals surface area contributed by atoms with Crippen molar-refractivity contribution in [3.63, 3.8) is 0 Å². The van der Waals surface area contributed by atoms with Gasteiger partial charge in [-0.25, -0.2) is 0 Å². The quantitative estimate of drug-likeness (QED) is 0.574. The first-order valence-electron chi connectivity index (χ1n) is 7.58. The van der Waals surface area contributed by atoms with E-state index < -0.39 is 0 Å². The molecular formula is C18H21N3O2S. The molecule has 0 aliphatic carbocycles. The zero-order valence-corrected chi connectivity index (χ0v) is 14.6. The van der Waals surface area contributed by atoms with Crippen LogP contribution in [0.5, 0.6) is 5.75 Å². The van der Waals surface area contributed by atoms with Crippen LogP contribution in [0.1, 0.15) is 16.7 Å². The minimum absolute atomic E-state index is 0.146. The summed E-state index contributed by atoms with van der Waals surface area (Å²) in [5, 5.41) is 3.39. The second-order valence-electron chi connectivity index (χ2n) is 5.37. The second kappa shape index (κ2) is 8.88. The third-order valence-corrected chi connectivity index (χ3v) is 3.66. The number of carbonyl (C=O) groups is 1. The number of hydrazine groups is 1. The van der Waals surface area contributed by atoms with Gasteiger partial charge in [0, 0.05) is 6.54 Å². The van der Waals surface area contributed by atoms with E-state index in [2.05, 4.69) is 16.2 Å². The summed E-state index contributed by atoms with van der Waals surface area (Å²) in [7, 11) is 1.63. The molecule has 2 aromatic rings. The predicted molar refractivity (Wildman–Crippen MR) is 98.6 cm³/mol. The van der Waals surface area contributed by atoms with Crippen molar-refractivity contribution in [2.24, 2.45) is 0 Å². The molecule has 2 aromatic carbocycles. The van der Waals surface area contributed by atoms with Crippen molar-refractivity contribution >= 4 is 23.2 Å². The highest BCUT2D eigenvalue weighted by molar-refractivity contribution is 7.80. The van der Waals surface area contributed by atoms with Gasteiger partial charge in [-0.3, -0.25) is 15.6 Å². The number of ether oxygens (including phenoxy) is 1. The molecule has 0 spiro atoms. The Balaban J connectivity index is 1.70. The SMILES string of the molecule is COc1ccc(CNC(=S)NNC(=O)Cc2ccc(C)cc2)cc1. The van der Waals surface area contributed by atoms with Crippen LogP contribution in [0.2, 0.25) is 0 Å². The van der Waals surface area contributed by atoms with Gasteiger partial charge in [0.1, 0.15) is 5.75 Å². The fourth-order valence-electron chi connectivity index (χ4n) is 2.03. The summed E-state index contributed by atoms with van der Waals surface area (Å²) in [5.41, 5.74) is 8.47. The lowest BCUT2D eigenvalue weighted by Crippen LogP contribution is -2.47. The Bertz CT molecular complexity index is 684. The van der Waals surface area contributed by atoms with E-state index in [9.17, 15) is 4.79 Å². The maximum atomic E-state index is 11.9. The van der Waals surface area contributed by atoms with E-state index >= 15 is 0 Å². The van der Waals surface area contributed by atoms with Gasteiger partial charge in [-0.1, -0.05) is 42.0 Å². The molecule has 24 heavy (non-hydrogen) atoms. The topological polar surface area (TPSA) is 62.4 Å². The van der Waals surface area contributed by atoms with E-state index in [-0.39, 0.29) is 5.91 Å². The molecule has 2 rings (SSSR count). The number of rotatable bonds is 5. The van der Waals surface area contributed by atoms with E-state index in [0.29, 0.717) is 18.1 Å². The Morgan fingerprint density at radius 2 is 1.62 bits per heavy atom. The molecule has 0 radical (unpaired) electrons. The predicted octanol–water partition coefficient (Wildman–Crippen LogP) is 2.24. The van der Waals surface area contributed by atoms with Gasteiger partial charge in [-0.05, 0) is 42.4 Å². The summed E-state index contributed by atoms with van der Waals surface area (Å²) in [6.45, 7) is 2.57. The summed E-state index contributed by atoms with van der Waals surface area (Å²) in [6, 6.07) is 15.5. The molecule has 3 N–H and O–H groups in total. The molecule has 0 heterocycles. The molecule has 0 atom stereocenters. The summed E-state index contributed by atoms with van der Waals surface area (Å²) < 4.78 is 5.11. The van der Waals surface area contributed by atoms with Gasteiger partial charge in [0.05, 0.1) is 13.5 Å². The van der Waals surface area contributed by atoms with Gasteiger partial charge in [-0.15, -0.1) is 0 Å². The minimum atomic E-state index is -0.146. The van der Waals surface area contributed by atoms with Gasteiger partial charge < -0.3 is 10.1 Å². The second-order valence-corrected chi connectivity index (χ2v) is 5.77. The molecule has 0 saturated heterocycles. The van der Waals surface area contributed by atoms with Crippen LogP contribution < -0.4 is 20.9 Å². The van der Waals surface area contributed by atoms with Crippen molar-refractivity contribution in [2.45, 2.75) is 19.9 Å². The summed E-state index contributed by atoms with van der Waals surface area (Å²) in [5.74, 6) is 0.662. The monoisotopic (exact) mass is 343 g/mol. The fraction of sp³-hybridized carbons (Fsp3) is 0.222. The Morgan fingerprint density at radius 1 is 1.00 bits per heavy atom. The Morgan fingerprint density at radius 3 is 2.25 bits per heavy atom. The van der Waals surface area contributed by atoms with Crippen molar-refractivity contribution in [3.8, 4) is 5.75 Å². The molecule has 0 aliphatic rings. The zero-order chi connectivity index (χ0) is 17.4. The maximum absolute atomic E-state index is 11.9. The van der Waals surface area contributed by atoms with Crippen LogP contribution in [0.25, 0.3) is 0 Å². The molecule has 0 unspecified atom stereocenters. The van der Waals surface area contributed by atoms with Gasteiger partial charge >= 0.3 is 0 Å². The van der Waals surface area contributed by atoms with E-state index in [4.69, 9.17) is 17.0 Å². The van der Waals surface area contributed by atoms with Crippen LogP contribution in [0.3, 0.4) is 0 Å². The lowest BCUT2D eigenvalue weighted by atomic mass is 10.1. The molecule has 0 bridgehead atoms. The smallest absolute Gasteiger partial charge is 0.242 e. The molecule has 0 fully saturated rings. The third-order valence-electron chi connectivity index (χ3n) is 3.41. The number of aryl methyl sites for hydroxylation is 1. The first kappa shape index (κ1) is 17.7. The van der Waals surface area contributed by atoms with E-state index in [1.165, 1.54) is 5.56 Å². The molecule has 0 aromatic heterocycles. The fourth-order valence-corrected chi connectivity index (χ4v) is 2.16. The van der Waals surface area contributed by atoms with Crippen LogP contribution in [-0.4, -0.2) is 18.1 Å². The molecular weight excluding hydrogens is 322 g/mol. The summed E-state index contributed by atoms with van der Waals surface area (Å²) in [4.78, 5) is 11.9. The van der Waals surface area contributed by atoms with Crippen LogP contribution in [-0.2, 0) is 17.8 Å². The Kier molecular flexibility index (Phi) is 6.57. The van der Waals surface area contributed by atoms with Crippen LogP contribution >= 0.6 is 12.2 Å². The summed E-state index contributed by atoms with van der Waals surface area (Å²) in [6.07, 6.45) is 0.300. The Labute approximate surface area is 147 Å². The van der Waals surface area contributed by atoms with Gasteiger partial charge in [-0.2, -0.15) is 0 Å².